The van der Waals surface area contributed by atoms with Crippen LogP contribution in [0.1, 0.15) is 5.56 Å². The third-order valence-corrected chi connectivity index (χ3v) is 1.82. The lowest BCUT2D eigenvalue weighted by Gasteiger charge is -1.99. The van der Waals surface area contributed by atoms with E-state index in [-0.39, 0.29) is 0 Å². The van der Waals surface area contributed by atoms with Gasteiger partial charge in [-0.05, 0) is 11.6 Å². The van der Waals surface area contributed by atoms with Crippen molar-refractivity contribution < 1.29 is 0 Å². The van der Waals surface area contributed by atoms with Crippen LogP contribution in [0.3, 0.4) is 0 Å². The smallest absolute Gasteiger partial charge is 0.137 e. The fraction of sp³-hybridized carbons (Fsp3) is 0.125. The third kappa shape index (κ3) is 2.03. The summed E-state index contributed by atoms with van der Waals surface area (Å²) < 4.78 is 1.73. The Morgan fingerprint density at radius 2 is 2.31 bits per heavy atom. The van der Waals surface area contributed by atoms with Crippen molar-refractivity contribution in [3.05, 3.63) is 41.7 Å². The number of pyridine rings is 1. The van der Waals surface area contributed by atoms with Crippen LogP contribution in [-0.4, -0.2) is 19.7 Å². The van der Waals surface area contributed by atoms with E-state index in [9.17, 15) is 0 Å². The second kappa shape index (κ2) is 3.53. The zero-order valence-electron chi connectivity index (χ0n) is 6.76. The van der Waals surface area contributed by atoms with E-state index in [2.05, 4.69) is 15.1 Å². The second-order valence-electron chi connectivity index (χ2n) is 2.58. The summed E-state index contributed by atoms with van der Waals surface area (Å²) in [5, 5.41) is 4.48. The van der Waals surface area contributed by atoms with Gasteiger partial charge in [-0.3, -0.25) is 0 Å². The summed E-state index contributed by atoms with van der Waals surface area (Å²) in [4.78, 5) is 7.80. The molecule has 4 nitrogen and oxygen atoms in total. The van der Waals surface area contributed by atoms with Crippen LogP contribution < -0.4 is 0 Å². The molecule has 2 heterocycles. The average Bonchev–Trinajstić information content (AvgIpc) is 2.62. The van der Waals surface area contributed by atoms with E-state index in [4.69, 9.17) is 11.6 Å². The van der Waals surface area contributed by atoms with Crippen molar-refractivity contribution in [1.29, 1.82) is 0 Å². The summed E-state index contributed by atoms with van der Waals surface area (Å²) in [6.45, 7) is 0.671. The highest BCUT2D eigenvalue weighted by atomic mass is 35.5. The molecule has 2 aromatic heterocycles. The molecular weight excluding hydrogens is 188 g/mol. The molecule has 0 aliphatic heterocycles. The maximum Gasteiger partial charge on any atom is 0.137 e. The summed E-state index contributed by atoms with van der Waals surface area (Å²) in [6.07, 6.45) is 4.89. The molecule has 0 saturated heterocycles. The van der Waals surface area contributed by atoms with Gasteiger partial charge in [0, 0.05) is 6.20 Å². The standard InChI is InChI=1S/C8H7ClN4/c9-8-2-1-7(3-11-8)4-13-6-10-5-12-13/h1-3,5-6H,4H2. The van der Waals surface area contributed by atoms with Crippen LogP contribution in [0.15, 0.2) is 31.0 Å². The number of aromatic nitrogens is 4. The summed E-state index contributed by atoms with van der Waals surface area (Å²) in [5.74, 6) is 0. The van der Waals surface area contributed by atoms with E-state index in [1.807, 2.05) is 6.07 Å². The highest BCUT2D eigenvalue weighted by Gasteiger charge is 1.95. The van der Waals surface area contributed by atoms with Gasteiger partial charge in [-0.2, -0.15) is 5.10 Å². The van der Waals surface area contributed by atoms with Crippen molar-refractivity contribution in [3.8, 4) is 0 Å². The second-order valence-corrected chi connectivity index (χ2v) is 2.97. The summed E-state index contributed by atoms with van der Waals surface area (Å²) >= 11 is 5.65. The largest absolute Gasteiger partial charge is 0.248 e. The molecule has 0 N–H and O–H groups in total. The quantitative estimate of drug-likeness (QED) is 0.679. The van der Waals surface area contributed by atoms with Crippen LogP contribution in [0.4, 0.5) is 0 Å². The Bertz CT molecular complexity index is 368. The van der Waals surface area contributed by atoms with Gasteiger partial charge in [0.25, 0.3) is 0 Å². The van der Waals surface area contributed by atoms with Gasteiger partial charge in [0.15, 0.2) is 0 Å². The molecule has 0 unspecified atom stereocenters. The molecule has 5 heteroatoms. The summed E-state index contributed by atoms with van der Waals surface area (Å²) in [7, 11) is 0. The van der Waals surface area contributed by atoms with E-state index >= 15 is 0 Å². The maximum absolute atomic E-state index is 5.65. The molecule has 13 heavy (non-hydrogen) atoms. The molecule has 0 fully saturated rings. The van der Waals surface area contributed by atoms with Crippen LogP contribution in [0.2, 0.25) is 5.15 Å². The minimum Gasteiger partial charge on any atom is -0.248 e. The first kappa shape index (κ1) is 8.19. The molecule has 0 spiro atoms. The van der Waals surface area contributed by atoms with Gasteiger partial charge >= 0.3 is 0 Å². The number of hydrogen-bond donors (Lipinski definition) is 0. The Kier molecular flexibility index (Phi) is 2.23. The van der Waals surface area contributed by atoms with Crippen LogP contribution in [0.25, 0.3) is 0 Å². The number of rotatable bonds is 2. The summed E-state index contributed by atoms with van der Waals surface area (Å²) in [5.41, 5.74) is 1.05. The molecule has 0 radical (unpaired) electrons. The lowest BCUT2D eigenvalue weighted by Crippen LogP contribution is -1.99. The van der Waals surface area contributed by atoms with Gasteiger partial charge in [-0.1, -0.05) is 17.7 Å². The van der Waals surface area contributed by atoms with Crippen LogP contribution in [0.5, 0.6) is 0 Å². The topological polar surface area (TPSA) is 43.6 Å². The molecule has 2 aromatic rings. The molecule has 0 bridgehead atoms. The van der Waals surface area contributed by atoms with E-state index in [0.29, 0.717) is 11.7 Å². The maximum atomic E-state index is 5.65. The molecule has 0 saturated carbocycles. The highest BCUT2D eigenvalue weighted by Crippen LogP contribution is 2.05. The zero-order chi connectivity index (χ0) is 9.10. The minimum atomic E-state index is 0.502. The molecule has 0 atom stereocenters. The Morgan fingerprint density at radius 3 is 2.92 bits per heavy atom. The number of nitrogens with zero attached hydrogens (tertiary/aromatic N) is 4. The van der Waals surface area contributed by atoms with Crippen LogP contribution >= 0.6 is 11.6 Å². The molecule has 2 rings (SSSR count). The highest BCUT2D eigenvalue weighted by molar-refractivity contribution is 6.29. The zero-order valence-corrected chi connectivity index (χ0v) is 7.52. The Balaban J connectivity index is 2.15. The van der Waals surface area contributed by atoms with E-state index in [1.165, 1.54) is 6.33 Å². The predicted molar refractivity (Wildman–Crippen MR) is 48.4 cm³/mol. The fourth-order valence-corrected chi connectivity index (χ4v) is 1.11. The Labute approximate surface area is 80.2 Å². The van der Waals surface area contributed by atoms with Crippen molar-refractivity contribution in [3.63, 3.8) is 0 Å². The van der Waals surface area contributed by atoms with Crippen LogP contribution in [0, 0.1) is 0 Å². The fourth-order valence-electron chi connectivity index (χ4n) is 1.00. The van der Waals surface area contributed by atoms with Crippen molar-refractivity contribution in [1.82, 2.24) is 19.7 Å². The monoisotopic (exact) mass is 194 g/mol. The molecule has 0 aliphatic carbocycles. The number of halogens is 1. The van der Waals surface area contributed by atoms with E-state index in [0.717, 1.165) is 5.56 Å². The first-order valence-corrected chi connectivity index (χ1v) is 4.15. The molecular formula is C8H7ClN4. The molecule has 0 amide bonds. The Morgan fingerprint density at radius 1 is 1.38 bits per heavy atom. The van der Waals surface area contributed by atoms with Gasteiger partial charge in [0.05, 0.1) is 6.54 Å². The lowest BCUT2D eigenvalue weighted by molar-refractivity contribution is 0.683. The van der Waals surface area contributed by atoms with Gasteiger partial charge < -0.3 is 0 Å². The van der Waals surface area contributed by atoms with Crippen molar-refractivity contribution in [2.24, 2.45) is 0 Å². The molecule has 0 aromatic carbocycles. The molecule has 66 valence electrons. The van der Waals surface area contributed by atoms with E-state index < -0.39 is 0 Å². The predicted octanol–water partition coefficient (Wildman–Crippen LogP) is 1.37. The van der Waals surface area contributed by atoms with Gasteiger partial charge in [0.1, 0.15) is 17.8 Å². The first-order valence-electron chi connectivity index (χ1n) is 3.77. The lowest BCUT2D eigenvalue weighted by atomic mass is 10.3. The number of hydrogen-bond acceptors (Lipinski definition) is 3. The Hall–Kier alpha value is -1.42. The minimum absolute atomic E-state index is 0.502. The SMILES string of the molecule is Clc1ccc(Cn2cncn2)cn1. The van der Waals surface area contributed by atoms with Crippen molar-refractivity contribution >= 4 is 11.6 Å². The van der Waals surface area contributed by atoms with Crippen LogP contribution in [-0.2, 0) is 6.54 Å². The first-order chi connectivity index (χ1) is 6.34. The average molecular weight is 195 g/mol. The van der Waals surface area contributed by atoms with Gasteiger partial charge in [0.2, 0.25) is 0 Å². The normalized spacial score (nSPS) is 10.2. The third-order valence-electron chi connectivity index (χ3n) is 1.60. The van der Waals surface area contributed by atoms with Gasteiger partial charge in [-0.15, -0.1) is 0 Å². The molecule has 0 aliphatic rings. The summed E-state index contributed by atoms with van der Waals surface area (Å²) in [6, 6.07) is 3.67. The van der Waals surface area contributed by atoms with E-state index in [1.54, 1.807) is 23.3 Å². The van der Waals surface area contributed by atoms with Crippen molar-refractivity contribution in [2.75, 3.05) is 0 Å². The van der Waals surface area contributed by atoms with Gasteiger partial charge in [-0.25, -0.2) is 14.6 Å². The van der Waals surface area contributed by atoms with Crippen molar-refractivity contribution in [2.45, 2.75) is 6.54 Å².